The van der Waals surface area contributed by atoms with Crippen LogP contribution in [0.2, 0.25) is 0 Å². The van der Waals surface area contributed by atoms with Gasteiger partial charge in [-0.25, -0.2) is 0 Å². The molecular weight excluding hydrogens is 268 g/mol. The third kappa shape index (κ3) is 2.34. The molecule has 0 aliphatic carbocycles. The van der Waals surface area contributed by atoms with Crippen LogP contribution in [0.1, 0.15) is 11.3 Å². The summed E-state index contributed by atoms with van der Waals surface area (Å²) in [6.45, 7) is 2.89. The molecule has 104 valence electrons. The van der Waals surface area contributed by atoms with Crippen LogP contribution in [-0.2, 0) is 13.6 Å². The van der Waals surface area contributed by atoms with E-state index in [2.05, 4.69) is 46.6 Å². The molecule has 0 aliphatic heterocycles. The summed E-state index contributed by atoms with van der Waals surface area (Å²) in [5.74, 6) is 0. The number of aromatic amines is 1. The maximum absolute atomic E-state index is 4.52. The lowest BCUT2D eigenvalue weighted by Crippen LogP contribution is -2.06. The van der Waals surface area contributed by atoms with Crippen molar-refractivity contribution in [2.45, 2.75) is 23.5 Å². The maximum Gasteiger partial charge on any atom is 0.105 e. The Morgan fingerprint density at radius 1 is 1.35 bits per heavy atom. The number of para-hydroxylation sites is 1. The lowest BCUT2D eigenvalue weighted by Gasteiger charge is -2.04. The SMILES string of the molecule is CNCc1c(C)nn(C)c1Sc1cc2ccccc2[nH]1. The summed E-state index contributed by atoms with van der Waals surface area (Å²) < 4.78 is 1.96. The molecule has 0 aliphatic rings. The van der Waals surface area contributed by atoms with Crippen molar-refractivity contribution in [1.29, 1.82) is 0 Å². The van der Waals surface area contributed by atoms with Gasteiger partial charge in [0.15, 0.2) is 0 Å². The Balaban J connectivity index is 1.98. The van der Waals surface area contributed by atoms with Crippen molar-refractivity contribution < 1.29 is 0 Å². The Labute approximate surface area is 122 Å². The van der Waals surface area contributed by atoms with Crippen molar-refractivity contribution in [3.8, 4) is 0 Å². The third-order valence-corrected chi connectivity index (χ3v) is 4.50. The van der Waals surface area contributed by atoms with Crippen molar-refractivity contribution in [2.24, 2.45) is 7.05 Å². The minimum Gasteiger partial charge on any atom is -0.349 e. The Hall–Kier alpha value is -1.72. The molecule has 1 aromatic carbocycles. The van der Waals surface area contributed by atoms with Crippen molar-refractivity contribution in [3.63, 3.8) is 0 Å². The lowest BCUT2D eigenvalue weighted by atomic mass is 10.3. The fraction of sp³-hybridized carbons (Fsp3) is 0.267. The zero-order valence-electron chi connectivity index (χ0n) is 11.9. The average Bonchev–Trinajstić information content (AvgIpc) is 2.94. The molecule has 3 aromatic rings. The lowest BCUT2D eigenvalue weighted by molar-refractivity contribution is 0.683. The fourth-order valence-electron chi connectivity index (χ4n) is 2.39. The van der Waals surface area contributed by atoms with Crippen molar-refractivity contribution in [3.05, 3.63) is 41.6 Å². The van der Waals surface area contributed by atoms with Crippen molar-refractivity contribution >= 4 is 22.7 Å². The van der Waals surface area contributed by atoms with Gasteiger partial charge in [-0.2, -0.15) is 5.10 Å². The first-order valence-corrected chi connectivity index (χ1v) is 7.43. The van der Waals surface area contributed by atoms with Crippen LogP contribution < -0.4 is 5.32 Å². The molecule has 2 N–H and O–H groups in total. The van der Waals surface area contributed by atoms with Gasteiger partial charge in [0.1, 0.15) is 5.03 Å². The van der Waals surface area contributed by atoms with E-state index in [1.54, 1.807) is 11.8 Å². The summed E-state index contributed by atoms with van der Waals surface area (Å²) in [7, 11) is 3.96. The molecule has 20 heavy (non-hydrogen) atoms. The molecule has 0 unspecified atom stereocenters. The van der Waals surface area contributed by atoms with Gasteiger partial charge in [0.2, 0.25) is 0 Å². The first-order chi connectivity index (χ1) is 9.69. The molecule has 4 nitrogen and oxygen atoms in total. The summed E-state index contributed by atoms with van der Waals surface area (Å²) in [6, 6.07) is 10.5. The van der Waals surface area contributed by atoms with Crippen LogP contribution in [0.5, 0.6) is 0 Å². The van der Waals surface area contributed by atoms with E-state index in [9.17, 15) is 0 Å². The minimum atomic E-state index is 0.836. The molecule has 0 saturated heterocycles. The zero-order chi connectivity index (χ0) is 14.1. The first-order valence-electron chi connectivity index (χ1n) is 6.61. The number of benzene rings is 1. The van der Waals surface area contributed by atoms with E-state index < -0.39 is 0 Å². The van der Waals surface area contributed by atoms with E-state index in [0.717, 1.165) is 17.3 Å². The maximum atomic E-state index is 4.52. The number of fused-ring (bicyclic) bond motifs is 1. The highest BCUT2D eigenvalue weighted by Gasteiger charge is 2.14. The monoisotopic (exact) mass is 286 g/mol. The van der Waals surface area contributed by atoms with Gasteiger partial charge >= 0.3 is 0 Å². The largest absolute Gasteiger partial charge is 0.349 e. The number of aromatic nitrogens is 3. The molecule has 3 rings (SSSR count). The van der Waals surface area contributed by atoms with Gasteiger partial charge in [-0.1, -0.05) is 30.0 Å². The fourth-order valence-corrected chi connectivity index (χ4v) is 3.47. The molecule has 0 atom stereocenters. The van der Waals surface area contributed by atoms with Crippen molar-refractivity contribution in [1.82, 2.24) is 20.1 Å². The smallest absolute Gasteiger partial charge is 0.105 e. The molecule has 0 radical (unpaired) electrons. The molecule has 0 amide bonds. The Morgan fingerprint density at radius 3 is 2.90 bits per heavy atom. The number of hydrogen-bond donors (Lipinski definition) is 2. The molecule has 0 bridgehead atoms. The highest BCUT2D eigenvalue weighted by molar-refractivity contribution is 7.99. The predicted molar refractivity (Wildman–Crippen MR) is 83.1 cm³/mol. The summed E-state index contributed by atoms with van der Waals surface area (Å²) in [6.07, 6.45) is 0. The normalized spacial score (nSPS) is 11.3. The molecule has 2 aromatic heterocycles. The van der Waals surface area contributed by atoms with Gasteiger partial charge in [-0.15, -0.1) is 0 Å². The van der Waals surface area contributed by atoms with E-state index in [-0.39, 0.29) is 0 Å². The van der Waals surface area contributed by atoms with Crippen LogP contribution in [0.25, 0.3) is 10.9 Å². The number of rotatable bonds is 4. The third-order valence-electron chi connectivity index (χ3n) is 3.35. The molecular formula is C15H18N4S. The highest BCUT2D eigenvalue weighted by atomic mass is 32.2. The van der Waals surface area contributed by atoms with Crippen LogP contribution in [0, 0.1) is 6.92 Å². The summed E-state index contributed by atoms with van der Waals surface area (Å²) >= 11 is 1.73. The molecule has 0 saturated carbocycles. The highest BCUT2D eigenvalue weighted by Crippen LogP contribution is 2.32. The second kappa shape index (κ2) is 5.34. The van der Waals surface area contributed by atoms with E-state index in [1.807, 2.05) is 24.8 Å². The predicted octanol–water partition coefficient (Wildman–Crippen LogP) is 3.08. The van der Waals surface area contributed by atoms with Gasteiger partial charge in [0, 0.05) is 30.1 Å². The van der Waals surface area contributed by atoms with E-state index in [0.29, 0.717) is 0 Å². The van der Waals surface area contributed by atoms with Gasteiger partial charge in [-0.3, -0.25) is 4.68 Å². The van der Waals surface area contributed by atoms with Crippen LogP contribution in [0.3, 0.4) is 0 Å². The van der Waals surface area contributed by atoms with E-state index in [4.69, 9.17) is 0 Å². The standard InChI is InChI=1S/C15H18N4S/c1-10-12(9-16-2)15(19(3)18-10)20-14-8-11-6-4-5-7-13(11)17-14/h4-8,16-17H,9H2,1-3H3. The Bertz CT molecular complexity index is 708. The van der Waals surface area contributed by atoms with Crippen molar-refractivity contribution in [2.75, 3.05) is 7.05 Å². The average molecular weight is 286 g/mol. The molecule has 0 spiro atoms. The molecule has 0 fully saturated rings. The van der Waals surface area contributed by atoms with Crippen LogP contribution in [0.15, 0.2) is 40.4 Å². The van der Waals surface area contributed by atoms with Gasteiger partial charge in [0.05, 0.1) is 10.7 Å². The summed E-state index contributed by atoms with van der Waals surface area (Å²) in [4.78, 5) is 3.45. The minimum absolute atomic E-state index is 0.836. The van der Waals surface area contributed by atoms with E-state index >= 15 is 0 Å². The number of aryl methyl sites for hydroxylation is 2. The van der Waals surface area contributed by atoms with Crippen LogP contribution >= 0.6 is 11.8 Å². The number of H-pyrrole nitrogens is 1. The number of hydrogen-bond acceptors (Lipinski definition) is 3. The Kier molecular flexibility index (Phi) is 3.54. The second-order valence-corrected chi connectivity index (χ2v) is 5.88. The van der Waals surface area contributed by atoms with E-state index in [1.165, 1.54) is 21.5 Å². The molecule has 5 heteroatoms. The van der Waals surface area contributed by atoms with Crippen LogP contribution in [-0.4, -0.2) is 21.8 Å². The summed E-state index contributed by atoms with van der Waals surface area (Å²) in [5, 5.41) is 11.3. The first kappa shape index (κ1) is 13.3. The summed E-state index contributed by atoms with van der Waals surface area (Å²) in [5.41, 5.74) is 3.52. The molecule has 2 heterocycles. The van der Waals surface area contributed by atoms with Crippen LogP contribution in [0.4, 0.5) is 0 Å². The number of nitrogens with one attached hydrogen (secondary N) is 2. The topological polar surface area (TPSA) is 45.6 Å². The Morgan fingerprint density at radius 2 is 2.15 bits per heavy atom. The quantitative estimate of drug-likeness (QED) is 0.775. The van der Waals surface area contributed by atoms with Gasteiger partial charge in [-0.05, 0) is 26.1 Å². The van der Waals surface area contributed by atoms with Gasteiger partial charge < -0.3 is 10.3 Å². The second-order valence-electron chi connectivity index (χ2n) is 4.85. The zero-order valence-corrected chi connectivity index (χ0v) is 12.7. The number of nitrogens with zero attached hydrogens (tertiary/aromatic N) is 2. The van der Waals surface area contributed by atoms with Gasteiger partial charge in [0.25, 0.3) is 0 Å².